The number of carbonyl (C=O) groups is 1. The van der Waals surface area contributed by atoms with Crippen molar-refractivity contribution in [3.05, 3.63) is 64.2 Å². The first kappa shape index (κ1) is 24.4. The standard InChI is InChI=1S/C30H37NO3/c1-20(2)34-27-18-23(12-9-21-7-10-22(11-8-21)19-28(32)33-6)17-25-29(27)26(15-16-30(25,3)4)31(5)24-13-14-24/h7-8,10-11,17-18,20,24,26H,13-16,19H2,1-6H3. The average Bonchev–Trinajstić information content (AvgIpc) is 3.64. The molecular formula is C30H37NO3. The maximum atomic E-state index is 11.5. The van der Waals surface area contributed by atoms with Crippen molar-refractivity contribution in [3.63, 3.8) is 0 Å². The second-order valence-electron chi connectivity index (χ2n) is 10.6. The molecule has 0 spiro atoms. The molecule has 1 unspecified atom stereocenters. The summed E-state index contributed by atoms with van der Waals surface area (Å²) in [4.78, 5) is 14.1. The van der Waals surface area contributed by atoms with Gasteiger partial charge in [-0.3, -0.25) is 9.69 Å². The minimum Gasteiger partial charge on any atom is -0.491 e. The van der Waals surface area contributed by atoms with Crippen LogP contribution in [0.4, 0.5) is 0 Å². The Hall–Kier alpha value is -2.77. The fourth-order valence-corrected chi connectivity index (χ4v) is 4.96. The fourth-order valence-electron chi connectivity index (χ4n) is 4.96. The second kappa shape index (κ2) is 9.84. The molecule has 0 amide bonds. The van der Waals surface area contributed by atoms with Gasteiger partial charge in [-0.1, -0.05) is 37.8 Å². The van der Waals surface area contributed by atoms with Crippen LogP contribution in [-0.4, -0.2) is 37.2 Å². The number of rotatable bonds is 6. The van der Waals surface area contributed by atoms with E-state index in [1.54, 1.807) is 0 Å². The van der Waals surface area contributed by atoms with E-state index in [1.807, 2.05) is 24.3 Å². The van der Waals surface area contributed by atoms with Gasteiger partial charge in [-0.15, -0.1) is 0 Å². The van der Waals surface area contributed by atoms with Crippen LogP contribution in [0.25, 0.3) is 0 Å². The van der Waals surface area contributed by atoms with Crippen molar-refractivity contribution in [3.8, 4) is 17.6 Å². The van der Waals surface area contributed by atoms with Crippen LogP contribution < -0.4 is 4.74 Å². The van der Waals surface area contributed by atoms with E-state index in [1.165, 1.54) is 31.1 Å². The lowest BCUT2D eigenvalue weighted by Gasteiger charge is -2.42. The van der Waals surface area contributed by atoms with Gasteiger partial charge in [0.15, 0.2) is 0 Å². The molecule has 0 saturated heterocycles. The Morgan fingerprint density at radius 3 is 2.38 bits per heavy atom. The Morgan fingerprint density at radius 1 is 1.09 bits per heavy atom. The highest BCUT2D eigenvalue weighted by atomic mass is 16.5. The number of fused-ring (bicyclic) bond motifs is 1. The van der Waals surface area contributed by atoms with E-state index in [2.05, 4.69) is 63.6 Å². The van der Waals surface area contributed by atoms with Crippen LogP contribution in [0.5, 0.6) is 5.75 Å². The first-order chi connectivity index (χ1) is 16.2. The van der Waals surface area contributed by atoms with E-state index in [9.17, 15) is 4.79 Å². The van der Waals surface area contributed by atoms with Gasteiger partial charge in [-0.25, -0.2) is 0 Å². The zero-order valence-corrected chi connectivity index (χ0v) is 21.4. The number of methoxy groups -OCH3 is 1. The third-order valence-corrected chi connectivity index (χ3v) is 7.11. The number of ether oxygens (including phenoxy) is 2. The molecule has 4 nitrogen and oxygen atoms in total. The molecule has 4 rings (SSSR count). The molecule has 34 heavy (non-hydrogen) atoms. The summed E-state index contributed by atoms with van der Waals surface area (Å²) in [6.45, 7) is 8.87. The molecular weight excluding hydrogens is 422 g/mol. The molecule has 4 heteroatoms. The molecule has 2 aromatic rings. The van der Waals surface area contributed by atoms with E-state index in [0.717, 1.165) is 35.3 Å². The van der Waals surface area contributed by atoms with Crippen LogP contribution in [0.15, 0.2) is 36.4 Å². The summed E-state index contributed by atoms with van der Waals surface area (Å²) >= 11 is 0. The lowest BCUT2D eigenvalue weighted by Crippen LogP contribution is -2.35. The molecule has 0 radical (unpaired) electrons. The van der Waals surface area contributed by atoms with Gasteiger partial charge in [0.05, 0.1) is 19.6 Å². The topological polar surface area (TPSA) is 38.8 Å². The van der Waals surface area contributed by atoms with Gasteiger partial charge in [0.25, 0.3) is 0 Å². The van der Waals surface area contributed by atoms with Gasteiger partial charge in [0.2, 0.25) is 0 Å². The van der Waals surface area contributed by atoms with Crippen LogP contribution in [0.1, 0.15) is 87.2 Å². The van der Waals surface area contributed by atoms with Crippen molar-refractivity contribution < 1.29 is 14.3 Å². The van der Waals surface area contributed by atoms with Crippen LogP contribution in [0.2, 0.25) is 0 Å². The summed E-state index contributed by atoms with van der Waals surface area (Å²) in [6, 6.07) is 13.3. The minimum atomic E-state index is -0.237. The molecule has 0 aromatic heterocycles. The SMILES string of the molecule is COC(=O)Cc1ccc(C#Cc2cc(OC(C)C)c3c(c2)C(C)(C)CCC3N(C)C2CC2)cc1. The molecule has 2 aliphatic carbocycles. The van der Waals surface area contributed by atoms with Gasteiger partial charge in [0, 0.05) is 28.8 Å². The minimum absolute atomic E-state index is 0.0819. The smallest absolute Gasteiger partial charge is 0.309 e. The Bertz CT molecular complexity index is 1100. The van der Waals surface area contributed by atoms with Crippen LogP contribution >= 0.6 is 0 Å². The van der Waals surface area contributed by atoms with Crippen LogP contribution in [-0.2, 0) is 21.4 Å². The van der Waals surface area contributed by atoms with E-state index >= 15 is 0 Å². The van der Waals surface area contributed by atoms with E-state index in [-0.39, 0.29) is 23.9 Å². The third kappa shape index (κ3) is 5.47. The summed E-state index contributed by atoms with van der Waals surface area (Å²) in [7, 11) is 3.69. The lowest BCUT2D eigenvalue weighted by molar-refractivity contribution is -0.139. The van der Waals surface area contributed by atoms with Crippen molar-refractivity contribution >= 4 is 5.97 Å². The predicted molar refractivity (Wildman–Crippen MR) is 136 cm³/mol. The fraction of sp³-hybridized carbons (Fsp3) is 0.500. The average molecular weight is 460 g/mol. The number of carbonyl (C=O) groups excluding carboxylic acids is 1. The first-order valence-corrected chi connectivity index (χ1v) is 12.4. The summed E-state index contributed by atoms with van der Waals surface area (Å²) < 4.78 is 11.2. The zero-order chi connectivity index (χ0) is 24.5. The molecule has 0 heterocycles. The molecule has 1 fully saturated rings. The van der Waals surface area contributed by atoms with Gasteiger partial charge < -0.3 is 9.47 Å². The molecule has 0 N–H and O–H groups in total. The quantitative estimate of drug-likeness (QED) is 0.404. The monoisotopic (exact) mass is 459 g/mol. The highest BCUT2D eigenvalue weighted by Gasteiger charge is 2.40. The first-order valence-electron chi connectivity index (χ1n) is 12.4. The Labute approximate surface area is 204 Å². The Balaban J connectivity index is 1.69. The van der Waals surface area contributed by atoms with Crippen molar-refractivity contribution in [1.29, 1.82) is 0 Å². The predicted octanol–water partition coefficient (Wildman–Crippen LogP) is 5.80. The normalized spacial score (nSPS) is 18.8. The maximum Gasteiger partial charge on any atom is 0.309 e. The number of benzene rings is 2. The molecule has 2 aliphatic rings. The van der Waals surface area contributed by atoms with Gasteiger partial charge in [-0.05, 0) is 87.4 Å². The second-order valence-corrected chi connectivity index (χ2v) is 10.6. The van der Waals surface area contributed by atoms with Crippen molar-refractivity contribution in [1.82, 2.24) is 4.90 Å². The number of hydrogen-bond donors (Lipinski definition) is 0. The maximum absolute atomic E-state index is 11.5. The summed E-state index contributed by atoms with van der Waals surface area (Å²) in [6.07, 6.45) is 5.29. The van der Waals surface area contributed by atoms with E-state index in [0.29, 0.717) is 12.1 Å². The van der Waals surface area contributed by atoms with Crippen LogP contribution in [0.3, 0.4) is 0 Å². The highest BCUT2D eigenvalue weighted by Crippen LogP contribution is 2.50. The van der Waals surface area contributed by atoms with Gasteiger partial charge >= 0.3 is 5.97 Å². The highest BCUT2D eigenvalue weighted by molar-refractivity contribution is 5.72. The zero-order valence-electron chi connectivity index (χ0n) is 21.4. The lowest BCUT2D eigenvalue weighted by atomic mass is 9.70. The van der Waals surface area contributed by atoms with Gasteiger partial charge in [0.1, 0.15) is 5.75 Å². The molecule has 0 bridgehead atoms. The molecule has 1 atom stereocenters. The van der Waals surface area contributed by atoms with Crippen molar-refractivity contribution in [2.75, 3.05) is 14.2 Å². The number of esters is 1. The molecule has 1 saturated carbocycles. The summed E-state index contributed by atoms with van der Waals surface area (Å²) in [5.74, 6) is 7.42. The van der Waals surface area contributed by atoms with Crippen molar-refractivity contribution in [2.24, 2.45) is 0 Å². The third-order valence-electron chi connectivity index (χ3n) is 7.11. The Kier molecular flexibility index (Phi) is 7.05. The summed E-state index contributed by atoms with van der Waals surface area (Å²) in [5, 5.41) is 0. The largest absolute Gasteiger partial charge is 0.491 e. The molecule has 180 valence electrons. The summed E-state index contributed by atoms with van der Waals surface area (Å²) in [5.41, 5.74) is 5.63. The molecule has 2 aromatic carbocycles. The van der Waals surface area contributed by atoms with Crippen molar-refractivity contribution in [2.45, 2.75) is 83.4 Å². The Morgan fingerprint density at radius 2 is 1.76 bits per heavy atom. The number of nitrogens with zero attached hydrogens (tertiary/aromatic N) is 1. The number of hydrogen-bond acceptors (Lipinski definition) is 4. The van der Waals surface area contributed by atoms with E-state index in [4.69, 9.17) is 9.47 Å². The van der Waals surface area contributed by atoms with E-state index < -0.39 is 0 Å². The molecule has 0 aliphatic heterocycles. The van der Waals surface area contributed by atoms with Crippen LogP contribution in [0, 0.1) is 11.8 Å². The van der Waals surface area contributed by atoms with Gasteiger partial charge in [-0.2, -0.15) is 0 Å².